The lowest BCUT2D eigenvalue weighted by atomic mass is 10.0. The van der Waals surface area contributed by atoms with Crippen LogP contribution < -0.4 is 10.6 Å². The Morgan fingerprint density at radius 1 is 1.33 bits per heavy atom. The van der Waals surface area contributed by atoms with Gasteiger partial charge in [-0.3, -0.25) is 0 Å². The minimum Gasteiger partial charge on any atom is -0.396 e. The number of para-hydroxylation sites is 1. The molecule has 3 rings (SSSR count). The molecular formula is C15H22N2O. The van der Waals surface area contributed by atoms with Crippen molar-refractivity contribution in [3.8, 4) is 0 Å². The van der Waals surface area contributed by atoms with Gasteiger partial charge in [0, 0.05) is 31.4 Å². The van der Waals surface area contributed by atoms with Crippen LogP contribution in [0.1, 0.15) is 30.4 Å². The molecule has 2 unspecified atom stereocenters. The van der Waals surface area contributed by atoms with Gasteiger partial charge in [0.2, 0.25) is 0 Å². The number of aliphatic hydroxyl groups is 1. The smallest absolute Gasteiger partial charge is 0.0474 e. The van der Waals surface area contributed by atoms with Crippen LogP contribution in [0.2, 0.25) is 0 Å². The van der Waals surface area contributed by atoms with E-state index < -0.39 is 0 Å². The first-order chi connectivity index (χ1) is 8.88. The first kappa shape index (κ1) is 12.0. The highest BCUT2D eigenvalue weighted by Crippen LogP contribution is 2.28. The van der Waals surface area contributed by atoms with Crippen LogP contribution in [0.3, 0.4) is 0 Å². The van der Waals surface area contributed by atoms with Crippen LogP contribution in [-0.4, -0.2) is 24.3 Å². The minimum absolute atomic E-state index is 0.322. The molecule has 0 saturated heterocycles. The van der Waals surface area contributed by atoms with Crippen molar-refractivity contribution in [2.45, 2.75) is 38.3 Å². The first-order valence-corrected chi connectivity index (χ1v) is 7.07. The molecule has 1 aliphatic carbocycles. The standard InChI is InChI=1S/C15H22N2O/c18-10-13-5-2-6-14(13)17-9-12-4-1-3-11-7-8-16-15(11)12/h1,3-4,13-14,16-18H,2,5-10H2. The predicted molar refractivity (Wildman–Crippen MR) is 73.7 cm³/mol. The highest BCUT2D eigenvalue weighted by Gasteiger charge is 2.26. The third-order valence-electron chi connectivity index (χ3n) is 4.38. The summed E-state index contributed by atoms with van der Waals surface area (Å²) < 4.78 is 0. The minimum atomic E-state index is 0.322. The first-order valence-electron chi connectivity index (χ1n) is 7.07. The molecule has 1 heterocycles. The van der Waals surface area contributed by atoms with E-state index in [1.54, 1.807) is 0 Å². The summed E-state index contributed by atoms with van der Waals surface area (Å²) in [5.41, 5.74) is 4.15. The molecule has 3 N–H and O–H groups in total. The Labute approximate surface area is 109 Å². The molecule has 1 aliphatic heterocycles. The summed E-state index contributed by atoms with van der Waals surface area (Å²) in [6.45, 7) is 2.30. The van der Waals surface area contributed by atoms with Crippen molar-refractivity contribution >= 4 is 5.69 Å². The summed E-state index contributed by atoms with van der Waals surface area (Å²) in [6, 6.07) is 7.06. The van der Waals surface area contributed by atoms with Crippen molar-refractivity contribution in [2.75, 3.05) is 18.5 Å². The third kappa shape index (κ3) is 2.25. The highest BCUT2D eigenvalue weighted by molar-refractivity contribution is 5.61. The summed E-state index contributed by atoms with van der Waals surface area (Å²) in [5.74, 6) is 0.453. The van der Waals surface area contributed by atoms with E-state index in [4.69, 9.17) is 0 Å². The summed E-state index contributed by atoms with van der Waals surface area (Å²) in [5, 5.41) is 16.4. The highest BCUT2D eigenvalue weighted by atomic mass is 16.3. The van der Waals surface area contributed by atoms with Crippen molar-refractivity contribution in [1.82, 2.24) is 5.32 Å². The maximum atomic E-state index is 9.34. The maximum absolute atomic E-state index is 9.34. The van der Waals surface area contributed by atoms with E-state index >= 15 is 0 Å². The normalized spacial score (nSPS) is 26.1. The number of hydrogen-bond acceptors (Lipinski definition) is 3. The largest absolute Gasteiger partial charge is 0.396 e. The molecule has 0 amide bonds. The van der Waals surface area contributed by atoms with Gasteiger partial charge in [0.25, 0.3) is 0 Å². The van der Waals surface area contributed by atoms with Crippen LogP contribution in [0.5, 0.6) is 0 Å². The SMILES string of the molecule is OCC1CCCC1NCc1cccc2c1NCC2. The predicted octanol–water partition coefficient (Wildman–Crippen LogP) is 1.91. The van der Waals surface area contributed by atoms with Crippen molar-refractivity contribution in [3.63, 3.8) is 0 Å². The van der Waals surface area contributed by atoms with E-state index in [1.165, 1.54) is 36.1 Å². The fourth-order valence-electron chi connectivity index (χ4n) is 3.32. The molecular weight excluding hydrogens is 224 g/mol. The Bertz CT molecular complexity index is 419. The van der Waals surface area contributed by atoms with Crippen LogP contribution in [0.15, 0.2) is 18.2 Å². The van der Waals surface area contributed by atoms with Gasteiger partial charge in [-0.25, -0.2) is 0 Å². The second-order valence-electron chi connectivity index (χ2n) is 5.49. The van der Waals surface area contributed by atoms with Gasteiger partial charge in [0.05, 0.1) is 0 Å². The van der Waals surface area contributed by atoms with E-state index in [0.717, 1.165) is 19.5 Å². The summed E-state index contributed by atoms with van der Waals surface area (Å²) in [4.78, 5) is 0. The molecule has 3 nitrogen and oxygen atoms in total. The molecule has 3 heteroatoms. The second kappa shape index (κ2) is 5.29. The van der Waals surface area contributed by atoms with E-state index in [9.17, 15) is 5.11 Å². The van der Waals surface area contributed by atoms with Crippen LogP contribution in [-0.2, 0) is 13.0 Å². The van der Waals surface area contributed by atoms with Crippen molar-refractivity contribution < 1.29 is 5.11 Å². The fraction of sp³-hybridized carbons (Fsp3) is 0.600. The Morgan fingerprint density at radius 2 is 2.28 bits per heavy atom. The summed E-state index contributed by atoms with van der Waals surface area (Å²) >= 11 is 0. The molecule has 18 heavy (non-hydrogen) atoms. The van der Waals surface area contributed by atoms with E-state index in [2.05, 4.69) is 28.8 Å². The van der Waals surface area contributed by atoms with Gasteiger partial charge >= 0.3 is 0 Å². The zero-order valence-corrected chi connectivity index (χ0v) is 10.8. The molecule has 0 aromatic heterocycles. The zero-order chi connectivity index (χ0) is 12.4. The van der Waals surface area contributed by atoms with Gasteiger partial charge in [-0.05, 0) is 36.3 Å². The molecule has 2 aliphatic rings. The van der Waals surface area contributed by atoms with Crippen molar-refractivity contribution in [2.24, 2.45) is 5.92 Å². The Kier molecular flexibility index (Phi) is 3.52. The average molecular weight is 246 g/mol. The lowest BCUT2D eigenvalue weighted by Gasteiger charge is -2.20. The lowest BCUT2D eigenvalue weighted by Crippen LogP contribution is -2.33. The van der Waals surface area contributed by atoms with Crippen molar-refractivity contribution in [3.05, 3.63) is 29.3 Å². The molecule has 2 atom stereocenters. The van der Waals surface area contributed by atoms with Gasteiger partial charge in [0.15, 0.2) is 0 Å². The Morgan fingerprint density at radius 3 is 3.17 bits per heavy atom. The van der Waals surface area contributed by atoms with Crippen LogP contribution in [0.4, 0.5) is 5.69 Å². The Balaban J connectivity index is 1.65. The van der Waals surface area contributed by atoms with E-state index in [0.29, 0.717) is 18.6 Å². The molecule has 0 radical (unpaired) electrons. The van der Waals surface area contributed by atoms with E-state index in [-0.39, 0.29) is 0 Å². The van der Waals surface area contributed by atoms with Crippen LogP contribution >= 0.6 is 0 Å². The second-order valence-corrected chi connectivity index (χ2v) is 5.49. The molecule has 0 spiro atoms. The van der Waals surface area contributed by atoms with Crippen LogP contribution in [0, 0.1) is 5.92 Å². The number of rotatable bonds is 4. The van der Waals surface area contributed by atoms with Gasteiger partial charge in [-0.15, -0.1) is 0 Å². The maximum Gasteiger partial charge on any atom is 0.0474 e. The van der Waals surface area contributed by atoms with Crippen molar-refractivity contribution in [1.29, 1.82) is 0 Å². The van der Waals surface area contributed by atoms with Gasteiger partial charge in [-0.1, -0.05) is 24.6 Å². The number of aliphatic hydroxyl groups excluding tert-OH is 1. The third-order valence-corrected chi connectivity index (χ3v) is 4.38. The molecule has 0 bridgehead atoms. The lowest BCUT2D eigenvalue weighted by molar-refractivity contribution is 0.205. The van der Waals surface area contributed by atoms with Gasteiger partial charge in [-0.2, -0.15) is 0 Å². The number of fused-ring (bicyclic) bond motifs is 1. The topological polar surface area (TPSA) is 44.3 Å². The summed E-state index contributed by atoms with van der Waals surface area (Å²) in [7, 11) is 0. The quantitative estimate of drug-likeness (QED) is 0.760. The monoisotopic (exact) mass is 246 g/mol. The molecule has 1 fully saturated rings. The molecule has 98 valence electrons. The van der Waals surface area contributed by atoms with Crippen LogP contribution in [0.25, 0.3) is 0 Å². The molecule has 1 aromatic carbocycles. The average Bonchev–Trinajstić information content (AvgIpc) is 3.04. The zero-order valence-electron chi connectivity index (χ0n) is 10.8. The molecule has 1 saturated carbocycles. The number of benzene rings is 1. The van der Waals surface area contributed by atoms with Gasteiger partial charge < -0.3 is 15.7 Å². The molecule has 1 aromatic rings. The van der Waals surface area contributed by atoms with E-state index in [1.807, 2.05) is 0 Å². The van der Waals surface area contributed by atoms with Gasteiger partial charge in [0.1, 0.15) is 0 Å². The summed E-state index contributed by atoms with van der Waals surface area (Å²) in [6.07, 6.45) is 4.76. The number of anilines is 1. The Hall–Kier alpha value is -1.06. The fourth-order valence-corrected chi connectivity index (χ4v) is 3.32. The number of nitrogens with one attached hydrogen (secondary N) is 2. The number of hydrogen-bond donors (Lipinski definition) is 3.